The predicted molar refractivity (Wildman–Crippen MR) is 120 cm³/mol. The number of carbonyl (C=O) groups is 1. The number of benzene rings is 1. The standard InChI is InChI=1S/C25H28N4O/c1-20-18-22(21(2)29(20)24-9-4-3-5-10-24)11-12-25(30)28-16-14-27(15-17-28)19-23-8-6-7-13-26-23/h3-13,18H,14-17,19H2,1-2H3/b12-11+. The Bertz CT molecular complexity index is 1020. The van der Waals surface area contributed by atoms with Crippen LogP contribution in [0.5, 0.6) is 0 Å². The van der Waals surface area contributed by atoms with Crippen LogP contribution in [0.1, 0.15) is 22.6 Å². The Morgan fingerprint density at radius 1 is 1.00 bits per heavy atom. The van der Waals surface area contributed by atoms with Crippen LogP contribution in [-0.4, -0.2) is 51.4 Å². The first kappa shape index (κ1) is 20.1. The third kappa shape index (κ3) is 4.52. The maximum Gasteiger partial charge on any atom is 0.246 e. The van der Waals surface area contributed by atoms with Gasteiger partial charge in [0.25, 0.3) is 0 Å². The molecule has 1 aliphatic rings. The Kier molecular flexibility index (Phi) is 6.10. The van der Waals surface area contributed by atoms with Crippen molar-refractivity contribution in [2.24, 2.45) is 0 Å². The van der Waals surface area contributed by atoms with Gasteiger partial charge in [0.1, 0.15) is 0 Å². The molecule has 5 heteroatoms. The molecule has 1 aromatic carbocycles. The van der Waals surface area contributed by atoms with Crippen LogP contribution in [-0.2, 0) is 11.3 Å². The molecule has 0 atom stereocenters. The van der Waals surface area contributed by atoms with E-state index in [2.05, 4.69) is 46.5 Å². The van der Waals surface area contributed by atoms with Gasteiger partial charge in [-0.25, -0.2) is 0 Å². The van der Waals surface area contributed by atoms with Gasteiger partial charge in [0, 0.05) is 62.1 Å². The predicted octanol–water partition coefficient (Wildman–Crippen LogP) is 3.85. The number of amides is 1. The summed E-state index contributed by atoms with van der Waals surface area (Å²) in [6, 6.07) is 18.4. The first-order valence-electron chi connectivity index (χ1n) is 10.5. The van der Waals surface area contributed by atoms with Gasteiger partial charge in [-0.3, -0.25) is 14.7 Å². The van der Waals surface area contributed by atoms with E-state index in [-0.39, 0.29) is 5.91 Å². The Morgan fingerprint density at radius 3 is 2.43 bits per heavy atom. The first-order chi connectivity index (χ1) is 14.6. The second-order valence-corrected chi connectivity index (χ2v) is 7.75. The molecule has 3 aromatic rings. The summed E-state index contributed by atoms with van der Waals surface area (Å²) in [7, 11) is 0. The Hall–Kier alpha value is -3.18. The fourth-order valence-corrected chi connectivity index (χ4v) is 4.04. The molecule has 0 bridgehead atoms. The number of pyridine rings is 1. The van der Waals surface area contributed by atoms with Crippen LogP contribution in [0, 0.1) is 13.8 Å². The van der Waals surface area contributed by atoms with E-state index >= 15 is 0 Å². The molecule has 2 aromatic heterocycles. The molecule has 1 fully saturated rings. The smallest absolute Gasteiger partial charge is 0.246 e. The van der Waals surface area contributed by atoms with Crippen molar-refractivity contribution < 1.29 is 4.79 Å². The van der Waals surface area contributed by atoms with E-state index in [4.69, 9.17) is 0 Å². The molecule has 5 nitrogen and oxygen atoms in total. The van der Waals surface area contributed by atoms with Crippen LogP contribution in [0.2, 0.25) is 0 Å². The average molecular weight is 401 g/mol. The van der Waals surface area contributed by atoms with Crippen LogP contribution in [0.25, 0.3) is 11.8 Å². The van der Waals surface area contributed by atoms with Crippen molar-refractivity contribution in [3.8, 4) is 5.69 Å². The summed E-state index contributed by atoms with van der Waals surface area (Å²) in [5.74, 6) is 0.0806. The van der Waals surface area contributed by atoms with Crippen molar-refractivity contribution in [2.45, 2.75) is 20.4 Å². The summed E-state index contributed by atoms with van der Waals surface area (Å²) >= 11 is 0. The minimum Gasteiger partial charge on any atom is -0.337 e. The van der Waals surface area contributed by atoms with E-state index in [1.807, 2.05) is 53.6 Å². The third-order valence-corrected chi connectivity index (χ3v) is 5.69. The number of hydrogen-bond donors (Lipinski definition) is 0. The van der Waals surface area contributed by atoms with E-state index in [1.165, 1.54) is 0 Å². The Balaban J connectivity index is 1.37. The number of nitrogens with zero attached hydrogens (tertiary/aromatic N) is 4. The van der Waals surface area contributed by atoms with Gasteiger partial charge in [0.2, 0.25) is 5.91 Å². The molecule has 0 radical (unpaired) electrons. The minimum absolute atomic E-state index is 0.0806. The van der Waals surface area contributed by atoms with Gasteiger partial charge >= 0.3 is 0 Å². The summed E-state index contributed by atoms with van der Waals surface area (Å²) < 4.78 is 2.22. The fourth-order valence-electron chi connectivity index (χ4n) is 4.04. The van der Waals surface area contributed by atoms with E-state index in [1.54, 1.807) is 6.08 Å². The Morgan fingerprint density at radius 2 is 1.73 bits per heavy atom. The molecule has 1 aliphatic heterocycles. The van der Waals surface area contributed by atoms with Crippen molar-refractivity contribution in [1.29, 1.82) is 0 Å². The number of aryl methyl sites for hydroxylation is 1. The highest BCUT2D eigenvalue weighted by molar-refractivity contribution is 5.92. The molecule has 0 spiro atoms. The first-order valence-corrected chi connectivity index (χ1v) is 10.5. The molecule has 0 N–H and O–H groups in total. The van der Waals surface area contributed by atoms with Crippen LogP contribution < -0.4 is 0 Å². The maximum atomic E-state index is 12.7. The molecular weight excluding hydrogens is 372 g/mol. The molecule has 1 saturated heterocycles. The average Bonchev–Trinajstić information content (AvgIpc) is 3.07. The summed E-state index contributed by atoms with van der Waals surface area (Å²) in [5.41, 5.74) is 5.60. The normalized spacial score (nSPS) is 15.1. The topological polar surface area (TPSA) is 41.4 Å². The van der Waals surface area contributed by atoms with E-state index < -0.39 is 0 Å². The number of hydrogen-bond acceptors (Lipinski definition) is 3. The van der Waals surface area contributed by atoms with Crippen molar-refractivity contribution >= 4 is 12.0 Å². The highest BCUT2D eigenvalue weighted by Crippen LogP contribution is 2.21. The van der Waals surface area contributed by atoms with Gasteiger partial charge in [0.15, 0.2) is 0 Å². The second kappa shape index (κ2) is 9.09. The third-order valence-electron chi connectivity index (χ3n) is 5.69. The van der Waals surface area contributed by atoms with Gasteiger partial charge in [-0.1, -0.05) is 24.3 Å². The van der Waals surface area contributed by atoms with E-state index in [0.717, 1.165) is 61.1 Å². The molecule has 0 saturated carbocycles. The van der Waals surface area contributed by atoms with Crippen LogP contribution >= 0.6 is 0 Å². The largest absolute Gasteiger partial charge is 0.337 e. The monoisotopic (exact) mass is 400 g/mol. The SMILES string of the molecule is Cc1cc(/C=C/C(=O)N2CCN(Cc3ccccn3)CC2)c(C)n1-c1ccccc1. The zero-order valence-corrected chi connectivity index (χ0v) is 17.7. The number of rotatable bonds is 5. The van der Waals surface area contributed by atoms with Gasteiger partial charge < -0.3 is 9.47 Å². The summed E-state index contributed by atoms with van der Waals surface area (Å²) in [6.45, 7) is 8.28. The number of carbonyl (C=O) groups excluding carboxylic acids is 1. The van der Waals surface area contributed by atoms with Gasteiger partial charge in [-0.05, 0) is 55.8 Å². The molecule has 0 aliphatic carbocycles. The number of piperazine rings is 1. The minimum atomic E-state index is 0.0806. The van der Waals surface area contributed by atoms with E-state index in [9.17, 15) is 4.79 Å². The number of aromatic nitrogens is 2. The second-order valence-electron chi connectivity index (χ2n) is 7.75. The molecule has 30 heavy (non-hydrogen) atoms. The zero-order valence-electron chi connectivity index (χ0n) is 17.7. The lowest BCUT2D eigenvalue weighted by molar-refractivity contribution is -0.127. The summed E-state index contributed by atoms with van der Waals surface area (Å²) in [4.78, 5) is 21.4. The lowest BCUT2D eigenvalue weighted by Gasteiger charge is -2.34. The van der Waals surface area contributed by atoms with Crippen molar-refractivity contribution in [1.82, 2.24) is 19.4 Å². The molecule has 154 valence electrons. The van der Waals surface area contributed by atoms with Gasteiger partial charge in [-0.2, -0.15) is 0 Å². The Labute approximate surface area is 178 Å². The lowest BCUT2D eigenvalue weighted by atomic mass is 10.2. The lowest BCUT2D eigenvalue weighted by Crippen LogP contribution is -2.47. The summed E-state index contributed by atoms with van der Waals surface area (Å²) in [5, 5.41) is 0. The quantitative estimate of drug-likeness (QED) is 0.611. The van der Waals surface area contributed by atoms with Crippen LogP contribution in [0.4, 0.5) is 0 Å². The fraction of sp³-hybridized carbons (Fsp3) is 0.280. The zero-order chi connectivity index (χ0) is 20.9. The van der Waals surface area contributed by atoms with Crippen molar-refractivity contribution in [2.75, 3.05) is 26.2 Å². The van der Waals surface area contributed by atoms with Crippen LogP contribution in [0.15, 0.2) is 66.9 Å². The van der Waals surface area contributed by atoms with Crippen molar-refractivity contribution in [3.05, 3.63) is 89.5 Å². The molecule has 0 unspecified atom stereocenters. The molecule has 4 rings (SSSR count). The maximum absolute atomic E-state index is 12.7. The highest BCUT2D eigenvalue weighted by Gasteiger charge is 2.20. The number of para-hydroxylation sites is 1. The van der Waals surface area contributed by atoms with Crippen LogP contribution in [0.3, 0.4) is 0 Å². The highest BCUT2D eigenvalue weighted by atomic mass is 16.2. The molecule has 1 amide bonds. The molecular formula is C25H28N4O. The molecule has 3 heterocycles. The summed E-state index contributed by atoms with van der Waals surface area (Å²) in [6.07, 6.45) is 5.49. The van der Waals surface area contributed by atoms with E-state index in [0.29, 0.717) is 0 Å². The van der Waals surface area contributed by atoms with Gasteiger partial charge in [-0.15, -0.1) is 0 Å². The van der Waals surface area contributed by atoms with Gasteiger partial charge in [0.05, 0.1) is 5.69 Å². The van der Waals surface area contributed by atoms with Crippen molar-refractivity contribution in [3.63, 3.8) is 0 Å².